The number of hydrogen-bond acceptors (Lipinski definition) is 0. The second-order valence-corrected chi connectivity index (χ2v) is 5.31. The second kappa shape index (κ2) is 5.50. The highest BCUT2D eigenvalue weighted by Crippen LogP contribution is 2.15. The predicted octanol–water partition coefficient (Wildman–Crippen LogP) is 4.24. The van der Waals surface area contributed by atoms with Crippen LogP contribution in [0.3, 0.4) is 0 Å². The van der Waals surface area contributed by atoms with Crippen LogP contribution >= 0.6 is 15.9 Å². The molecule has 0 nitrogen and oxygen atoms in total. The Labute approximate surface area is 93.7 Å². The van der Waals surface area contributed by atoms with E-state index in [4.69, 9.17) is 0 Å². The summed E-state index contributed by atoms with van der Waals surface area (Å²) in [4.78, 5) is 0.552. The number of halogens is 2. The first-order chi connectivity index (χ1) is 6.59. The van der Waals surface area contributed by atoms with Crippen LogP contribution < -0.4 is 0 Å². The summed E-state index contributed by atoms with van der Waals surface area (Å²) in [6.45, 7) is 4.17. The van der Waals surface area contributed by atoms with E-state index in [-0.39, 0.29) is 5.82 Å². The lowest BCUT2D eigenvalue weighted by molar-refractivity contribution is 0.622. The van der Waals surface area contributed by atoms with Crippen molar-refractivity contribution in [3.05, 3.63) is 35.1 Å². The maximum absolute atomic E-state index is 12.9. The topological polar surface area (TPSA) is 0 Å². The van der Waals surface area contributed by atoms with Crippen molar-refractivity contribution in [1.29, 1.82) is 0 Å². The van der Waals surface area contributed by atoms with E-state index in [0.29, 0.717) is 4.83 Å². The summed E-state index contributed by atoms with van der Waals surface area (Å²) >= 11 is 3.51. The third-order valence-corrected chi connectivity index (χ3v) is 2.82. The van der Waals surface area contributed by atoms with Crippen LogP contribution in [-0.2, 0) is 6.42 Å². The molecule has 0 aliphatic heterocycles. The molecule has 1 atom stereocenters. The molecule has 0 radical (unpaired) electrons. The van der Waals surface area contributed by atoms with Gasteiger partial charge in [-0.15, -0.1) is 0 Å². The molecule has 1 rings (SSSR count). The standard InChI is InChI=1S/C12H16BrF/c1-9-6-7-12(14)8-11(9)5-3-4-10(2)13/h6-8,10H,3-5H2,1-2H3. The highest BCUT2D eigenvalue weighted by atomic mass is 79.9. The highest BCUT2D eigenvalue weighted by molar-refractivity contribution is 9.09. The Morgan fingerprint density at radius 1 is 1.43 bits per heavy atom. The SMILES string of the molecule is Cc1ccc(F)cc1CCCC(C)Br. The number of alkyl halides is 1. The van der Waals surface area contributed by atoms with Gasteiger partial charge in [0.25, 0.3) is 0 Å². The van der Waals surface area contributed by atoms with Crippen LogP contribution in [0.25, 0.3) is 0 Å². The molecular weight excluding hydrogens is 243 g/mol. The molecule has 78 valence electrons. The molecule has 0 fully saturated rings. The van der Waals surface area contributed by atoms with Gasteiger partial charge < -0.3 is 0 Å². The first-order valence-electron chi connectivity index (χ1n) is 4.98. The zero-order valence-electron chi connectivity index (χ0n) is 8.69. The average molecular weight is 259 g/mol. The Balaban J connectivity index is 2.53. The predicted molar refractivity (Wildman–Crippen MR) is 62.5 cm³/mol. The lowest BCUT2D eigenvalue weighted by Gasteiger charge is -2.06. The molecule has 0 amide bonds. The Bertz CT molecular complexity index is 294. The van der Waals surface area contributed by atoms with Crippen LogP contribution in [0.1, 0.15) is 30.9 Å². The van der Waals surface area contributed by atoms with Crippen molar-refractivity contribution >= 4 is 15.9 Å². The summed E-state index contributed by atoms with van der Waals surface area (Å²) in [6, 6.07) is 5.02. The third-order valence-electron chi connectivity index (χ3n) is 2.36. The van der Waals surface area contributed by atoms with E-state index >= 15 is 0 Å². The van der Waals surface area contributed by atoms with Crippen LogP contribution in [0.15, 0.2) is 18.2 Å². The van der Waals surface area contributed by atoms with E-state index in [1.54, 1.807) is 6.07 Å². The van der Waals surface area contributed by atoms with Crippen molar-refractivity contribution in [1.82, 2.24) is 0 Å². The van der Waals surface area contributed by atoms with Crippen LogP contribution in [-0.4, -0.2) is 4.83 Å². The molecule has 0 N–H and O–H groups in total. The summed E-state index contributed by atoms with van der Waals surface area (Å²) in [5.74, 6) is -0.127. The van der Waals surface area contributed by atoms with Gasteiger partial charge in [-0.05, 0) is 49.4 Å². The second-order valence-electron chi connectivity index (χ2n) is 3.74. The third kappa shape index (κ3) is 3.79. The van der Waals surface area contributed by atoms with Crippen molar-refractivity contribution in [2.45, 2.75) is 37.9 Å². The Morgan fingerprint density at radius 3 is 2.79 bits per heavy atom. The molecule has 1 aromatic carbocycles. The number of aryl methyl sites for hydroxylation is 2. The largest absolute Gasteiger partial charge is 0.207 e. The number of rotatable bonds is 4. The minimum atomic E-state index is -0.127. The molecular formula is C12H16BrF. The van der Waals surface area contributed by atoms with Gasteiger partial charge in [0.1, 0.15) is 5.82 Å². The summed E-state index contributed by atoms with van der Waals surface area (Å²) in [6.07, 6.45) is 3.21. The molecule has 0 saturated heterocycles. The minimum Gasteiger partial charge on any atom is -0.207 e. The molecule has 14 heavy (non-hydrogen) atoms. The normalized spacial score (nSPS) is 12.9. The van der Waals surface area contributed by atoms with Gasteiger partial charge in [-0.3, -0.25) is 0 Å². The van der Waals surface area contributed by atoms with Crippen molar-refractivity contribution in [3.8, 4) is 0 Å². The van der Waals surface area contributed by atoms with Gasteiger partial charge in [-0.25, -0.2) is 4.39 Å². The fraction of sp³-hybridized carbons (Fsp3) is 0.500. The Hall–Kier alpha value is -0.370. The lowest BCUT2D eigenvalue weighted by atomic mass is 10.0. The molecule has 1 unspecified atom stereocenters. The summed E-state index contributed by atoms with van der Waals surface area (Å²) in [7, 11) is 0. The zero-order chi connectivity index (χ0) is 10.6. The number of hydrogen-bond donors (Lipinski definition) is 0. The van der Waals surface area contributed by atoms with E-state index in [0.717, 1.165) is 24.8 Å². The van der Waals surface area contributed by atoms with Gasteiger partial charge in [0.15, 0.2) is 0 Å². The first kappa shape index (κ1) is 11.7. The highest BCUT2D eigenvalue weighted by Gasteiger charge is 2.01. The fourth-order valence-electron chi connectivity index (χ4n) is 1.48. The molecule has 0 aliphatic rings. The van der Waals surface area contributed by atoms with Gasteiger partial charge in [-0.2, -0.15) is 0 Å². The summed E-state index contributed by atoms with van der Waals surface area (Å²) < 4.78 is 12.9. The smallest absolute Gasteiger partial charge is 0.123 e. The van der Waals surface area contributed by atoms with Gasteiger partial charge in [-0.1, -0.05) is 28.9 Å². The Morgan fingerprint density at radius 2 is 2.14 bits per heavy atom. The maximum atomic E-state index is 12.9. The quantitative estimate of drug-likeness (QED) is 0.709. The molecule has 2 heteroatoms. The van der Waals surface area contributed by atoms with E-state index in [1.807, 2.05) is 13.0 Å². The van der Waals surface area contributed by atoms with Crippen molar-refractivity contribution in [2.75, 3.05) is 0 Å². The van der Waals surface area contributed by atoms with Gasteiger partial charge in [0.2, 0.25) is 0 Å². The molecule has 1 aromatic rings. The van der Waals surface area contributed by atoms with Crippen LogP contribution in [0.5, 0.6) is 0 Å². The molecule has 0 saturated carbocycles. The van der Waals surface area contributed by atoms with Crippen molar-refractivity contribution in [2.24, 2.45) is 0 Å². The lowest BCUT2D eigenvalue weighted by Crippen LogP contribution is -1.95. The van der Waals surface area contributed by atoms with Crippen LogP contribution in [0, 0.1) is 12.7 Å². The van der Waals surface area contributed by atoms with E-state index < -0.39 is 0 Å². The summed E-state index contributed by atoms with van der Waals surface area (Å²) in [5.41, 5.74) is 2.33. The minimum absolute atomic E-state index is 0.127. The maximum Gasteiger partial charge on any atom is 0.123 e. The Kier molecular flexibility index (Phi) is 4.59. The van der Waals surface area contributed by atoms with E-state index in [9.17, 15) is 4.39 Å². The van der Waals surface area contributed by atoms with Gasteiger partial charge >= 0.3 is 0 Å². The zero-order valence-corrected chi connectivity index (χ0v) is 10.3. The molecule has 0 bridgehead atoms. The van der Waals surface area contributed by atoms with Crippen LogP contribution in [0.4, 0.5) is 4.39 Å². The van der Waals surface area contributed by atoms with E-state index in [1.165, 1.54) is 11.6 Å². The fourth-order valence-corrected chi connectivity index (χ4v) is 1.81. The van der Waals surface area contributed by atoms with Crippen molar-refractivity contribution < 1.29 is 4.39 Å². The summed E-state index contributed by atoms with van der Waals surface area (Å²) in [5, 5.41) is 0. The first-order valence-corrected chi connectivity index (χ1v) is 5.90. The molecule has 0 aromatic heterocycles. The van der Waals surface area contributed by atoms with E-state index in [2.05, 4.69) is 22.9 Å². The van der Waals surface area contributed by atoms with Gasteiger partial charge in [0.05, 0.1) is 0 Å². The average Bonchev–Trinajstić information content (AvgIpc) is 2.10. The monoisotopic (exact) mass is 258 g/mol. The molecule has 0 spiro atoms. The van der Waals surface area contributed by atoms with Gasteiger partial charge in [0, 0.05) is 4.83 Å². The molecule has 0 heterocycles. The number of benzene rings is 1. The molecule has 0 aliphatic carbocycles. The van der Waals surface area contributed by atoms with Crippen LogP contribution in [0.2, 0.25) is 0 Å². The van der Waals surface area contributed by atoms with Crippen molar-refractivity contribution in [3.63, 3.8) is 0 Å².